The monoisotopic (exact) mass is 445 g/mol. The van der Waals surface area contributed by atoms with Crippen LogP contribution in [-0.4, -0.2) is 48.0 Å². The van der Waals surface area contributed by atoms with Crippen LogP contribution in [-0.2, 0) is 17.8 Å². The van der Waals surface area contributed by atoms with Gasteiger partial charge in [0.15, 0.2) is 5.96 Å². The van der Waals surface area contributed by atoms with Crippen molar-refractivity contribution in [3.05, 3.63) is 51.5 Å². The van der Waals surface area contributed by atoms with E-state index in [-0.39, 0.29) is 17.6 Å². The van der Waals surface area contributed by atoms with Crippen LogP contribution in [0.4, 0.5) is 0 Å². The van der Waals surface area contributed by atoms with Gasteiger partial charge < -0.3 is 20.3 Å². The molecule has 0 bridgehead atoms. The molecule has 0 aliphatic rings. The molecular formula is C23H35N5O2S. The highest BCUT2D eigenvalue weighted by Gasteiger charge is 2.16. The van der Waals surface area contributed by atoms with Crippen LogP contribution in [0, 0.1) is 0 Å². The lowest BCUT2D eigenvalue weighted by molar-refractivity contribution is 0.0919. The van der Waals surface area contributed by atoms with Gasteiger partial charge in [-0.15, -0.1) is 11.3 Å². The molecule has 0 saturated carbocycles. The number of rotatable bonds is 8. The molecule has 8 heteroatoms. The zero-order valence-corrected chi connectivity index (χ0v) is 20.5. The Morgan fingerprint density at radius 2 is 2.10 bits per heavy atom. The van der Waals surface area contributed by atoms with E-state index in [1.807, 2.05) is 65.9 Å². The number of hydrogen-bond donors (Lipinski definition) is 2. The Labute approximate surface area is 189 Å². The van der Waals surface area contributed by atoms with Gasteiger partial charge in [-0.25, -0.2) is 9.98 Å². The van der Waals surface area contributed by atoms with E-state index in [9.17, 15) is 4.79 Å². The van der Waals surface area contributed by atoms with Gasteiger partial charge in [-0.1, -0.05) is 12.1 Å². The highest BCUT2D eigenvalue weighted by atomic mass is 32.1. The number of methoxy groups -OCH3 is 1. The molecule has 1 amide bonds. The van der Waals surface area contributed by atoms with Crippen LogP contribution in [0.25, 0.3) is 0 Å². The van der Waals surface area contributed by atoms with Crippen LogP contribution in [0.5, 0.6) is 0 Å². The Morgan fingerprint density at radius 3 is 2.74 bits per heavy atom. The van der Waals surface area contributed by atoms with Crippen LogP contribution < -0.4 is 10.6 Å². The molecule has 170 valence electrons. The number of carbonyl (C=O) groups is 1. The molecule has 0 spiro atoms. The molecule has 0 saturated heterocycles. The number of benzene rings is 1. The summed E-state index contributed by atoms with van der Waals surface area (Å²) in [6.45, 7) is 11.8. The molecule has 0 radical (unpaired) electrons. The fourth-order valence-corrected chi connectivity index (χ4v) is 3.70. The van der Waals surface area contributed by atoms with Crippen molar-refractivity contribution in [2.24, 2.45) is 4.99 Å². The second-order valence-corrected chi connectivity index (χ2v) is 9.38. The van der Waals surface area contributed by atoms with Crippen LogP contribution in [0.1, 0.15) is 67.3 Å². The fraction of sp³-hybridized carbons (Fsp3) is 0.522. The fourth-order valence-electron chi connectivity index (χ4n) is 2.86. The molecule has 1 heterocycles. The van der Waals surface area contributed by atoms with E-state index in [1.165, 1.54) is 0 Å². The maximum Gasteiger partial charge on any atom is 0.251 e. The van der Waals surface area contributed by atoms with Gasteiger partial charge in [-0.2, -0.15) is 0 Å². The maximum absolute atomic E-state index is 12.5. The summed E-state index contributed by atoms with van der Waals surface area (Å²) in [6.07, 6.45) is -0.00581. The lowest BCUT2D eigenvalue weighted by Gasteiger charge is -2.21. The normalized spacial score (nSPS) is 13.1. The third kappa shape index (κ3) is 7.95. The van der Waals surface area contributed by atoms with Crippen molar-refractivity contribution in [3.63, 3.8) is 0 Å². The molecule has 1 aromatic carbocycles. The number of nitrogens with zero attached hydrogens (tertiary/aromatic N) is 3. The molecule has 0 aliphatic heterocycles. The van der Waals surface area contributed by atoms with Gasteiger partial charge in [-0.3, -0.25) is 4.79 Å². The van der Waals surface area contributed by atoms with Crippen molar-refractivity contribution in [2.45, 2.75) is 59.4 Å². The first kappa shape index (κ1) is 24.8. The molecule has 1 aromatic heterocycles. The Kier molecular flexibility index (Phi) is 9.00. The van der Waals surface area contributed by atoms with E-state index in [0.29, 0.717) is 18.7 Å². The summed E-state index contributed by atoms with van der Waals surface area (Å²) < 4.78 is 5.35. The van der Waals surface area contributed by atoms with Gasteiger partial charge in [-0.05, 0) is 52.3 Å². The van der Waals surface area contributed by atoms with Crippen molar-refractivity contribution < 1.29 is 9.53 Å². The summed E-state index contributed by atoms with van der Waals surface area (Å²) in [5.74, 6) is 0.716. The quantitative estimate of drug-likeness (QED) is 0.475. The lowest BCUT2D eigenvalue weighted by atomic mass is 10.1. The van der Waals surface area contributed by atoms with E-state index >= 15 is 0 Å². The van der Waals surface area contributed by atoms with Crippen molar-refractivity contribution >= 4 is 23.2 Å². The van der Waals surface area contributed by atoms with Gasteiger partial charge in [0.25, 0.3) is 5.91 Å². The van der Waals surface area contributed by atoms with Gasteiger partial charge >= 0.3 is 0 Å². The summed E-state index contributed by atoms with van der Waals surface area (Å²) in [7, 11) is 3.68. The first-order valence-corrected chi connectivity index (χ1v) is 11.4. The Bertz CT molecular complexity index is 888. The molecule has 0 fully saturated rings. The minimum atomic E-state index is -0.275. The second kappa shape index (κ2) is 11.2. The number of thiazole rings is 1. The largest absolute Gasteiger partial charge is 0.375 e. The minimum Gasteiger partial charge on any atom is -0.375 e. The minimum absolute atomic E-state index is 0.00581. The highest BCUT2D eigenvalue weighted by Crippen LogP contribution is 2.21. The molecule has 31 heavy (non-hydrogen) atoms. The first-order valence-electron chi connectivity index (χ1n) is 10.5. The Morgan fingerprint density at radius 1 is 1.35 bits per heavy atom. The number of amides is 1. The van der Waals surface area contributed by atoms with Crippen molar-refractivity contribution in [1.82, 2.24) is 20.5 Å². The molecule has 2 rings (SSSR count). The summed E-state index contributed by atoms with van der Waals surface area (Å²) in [5, 5.41) is 9.36. The third-order valence-corrected chi connectivity index (χ3v) is 5.51. The number of carbonyl (C=O) groups excluding carboxylic acids is 1. The summed E-state index contributed by atoms with van der Waals surface area (Å²) in [6, 6.07) is 7.60. The van der Waals surface area contributed by atoms with Crippen LogP contribution in [0.15, 0.2) is 34.6 Å². The smallest absolute Gasteiger partial charge is 0.251 e. The predicted octanol–water partition coefficient (Wildman–Crippen LogP) is 3.98. The predicted molar refractivity (Wildman–Crippen MR) is 127 cm³/mol. The van der Waals surface area contributed by atoms with E-state index in [4.69, 9.17) is 9.73 Å². The number of nitrogens with one attached hydrogen (secondary N) is 2. The molecule has 7 nitrogen and oxygen atoms in total. The third-order valence-electron chi connectivity index (χ3n) is 4.46. The summed E-state index contributed by atoms with van der Waals surface area (Å²) in [5.41, 5.74) is 2.33. The van der Waals surface area contributed by atoms with Gasteiger partial charge in [0.05, 0.1) is 18.8 Å². The first-order chi connectivity index (χ1) is 14.6. The highest BCUT2D eigenvalue weighted by molar-refractivity contribution is 7.09. The maximum atomic E-state index is 12.5. The van der Waals surface area contributed by atoms with Crippen molar-refractivity contribution in [1.29, 1.82) is 0 Å². The molecule has 2 N–H and O–H groups in total. The van der Waals surface area contributed by atoms with Crippen molar-refractivity contribution in [3.8, 4) is 0 Å². The SMILES string of the molecule is CCNC(=NCc1cccc(C(=O)NC(C)(C)C)c1)N(C)Cc1csc(C(C)OC)n1. The van der Waals surface area contributed by atoms with Crippen LogP contribution in [0.3, 0.4) is 0 Å². The summed E-state index contributed by atoms with van der Waals surface area (Å²) in [4.78, 5) is 23.9. The zero-order chi connectivity index (χ0) is 23.0. The number of aliphatic imine (C=N–C) groups is 1. The summed E-state index contributed by atoms with van der Waals surface area (Å²) >= 11 is 1.61. The zero-order valence-electron chi connectivity index (χ0n) is 19.7. The van der Waals surface area contributed by atoms with E-state index in [0.717, 1.165) is 28.8 Å². The van der Waals surface area contributed by atoms with Gasteiger partial charge in [0, 0.05) is 37.2 Å². The number of guanidine groups is 1. The second-order valence-electron chi connectivity index (χ2n) is 8.49. The molecule has 1 atom stereocenters. The average Bonchev–Trinajstić information content (AvgIpc) is 3.17. The standard InChI is InChI=1S/C23H35N5O2S/c1-8-24-22(28(6)14-19-15-31-21(26-19)16(2)30-7)25-13-17-10-9-11-18(12-17)20(29)27-23(3,4)5/h9-12,15-16H,8,13-14H2,1-7H3,(H,24,25)(H,27,29). The Hall–Kier alpha value is -2.45. The topological polar surface area (TPSA) is 78.9 Å². The van der Waals surface area contributed by atoms with Crippen LogP contribution >= 0.6 is 11.3 Å². The molecule has 2 aromatic rings. The Balaban J connectivity index is 2.09. The number of ether oxygens (including phenoxy) is 1. The average molecular weight is 446 g/mol. The van der Waals surface area contributed by atoms with E-state index in [2.05, 4.69) is 25.9 Å². The van der Waals surface area contributed by atoms with Crippen LogP contribution in [0.2, 0.25) is 0 Å². The van der Waals surface area contributed by atoms with Gasteiger partial charge in [0.1, 0.15) is 11.1 Å². The van der Waals surface area contributed by atoms with E-state index < -0.39 is 0 Å². The lowest BCUT2D eigenvalue weighted by Crippen LogP contribution is -2.40. The van der Waals surface area contributed by atoms with E-state index in [1.54, 1.807) is 18.4 Å². The van der Waals surface area contributed by atoms with Crippen molar-refractivity contribution in [2.75, 3.05) is 20.7 Å². The molecular weight excluding hydrogens is 410 g/mol. The van der Waals surface area contributed by atoms with Gasteiger partial charge in [0.2, 0.25) is 0 Å². The number of aromatic nitrogens is 1. The molecule has 1 unspecified atom stereocenters. The molecule has 0 aliphatic carbocycles. The number of hydrogen-bond acceptors (Lipinski definition) is 5.